The second kappa shape index (κ2) is 5.22. The number of carbonyl (C=O) groups excluding carboxylic acids is 1. The van der Waals surface area contributed by atoms with Gasteiger partial charge in [0.25, 0.3) is 0 Å². The Morgan fingerprint density at radius 3 is 2.32 bits per heavy atom. The molecule has 3 rings (SSSR count). The zero-order chi connectivity index (χ0) is 13.1. The Morgan fingerprint density at radius 1 is 1.05 bits per heavy atom. The van der Waals surface area contributed by atoms with Crippen molar-refractivity contribution in [2.45, 2.75) is 19.4 Å². The summed E-state index contributed by atoms with van der Waals surface area (Å²) in [5, 5.41) is 2.97. The standard InChI is InChI=1S/C16H16N2O/c19-16(15-5-6-15)18-11-12-1-3-13(4-2-12)14-7-9-17-10-8-14/h1-4,7-10,15H,5-6,11H2,(H,18,19). The van der Waals surface area contributed by atoms with Gasteiger partial charge in [-0.2, -0.15) is 0 Å². The van der Waals surface area contributed by atoms with Crippen molar-refractivity contribution in [3.63, 3.8) is 0 Å². The molecule has 0 spiro atoms. The fourth-order valence-electron chi connectivity index (χ4n) is 2.04. The SMILES string of the molecule is O=C(NCc1ccc(-c2ccncc2)cc1)C1CC1. The largest absolute Gasteiger partial charge is 0.352 e. The molecule has 1 heterocycles. The van der Waals surface area contributed by atoms with E-state index in [4.69, 9.17) is 0 Å². The average molecular weight is 252 g/mol. The van der Waals surface area contributed by atoms with Crippen molar-refractivity contribution < 1.29 is 4.79 Å². The van der Waals surface area contributed by atoms with Gasteiger partial charge < -0.3 is 5.32 Å². The molecular weight excluding hydrogens is 236 g/mol. The summed E-state index contributed by atoms with van der Waals surface area (Å²) < 4.78 is 0. The lowest BCUT2D eigenvalue weighted by Gasteiger charge is -2.06. The third-order valence-corrected chi connectivity index (χ3v) is 3.38. The van der Waals surface area contributed by atoms with E-state index in [1.807, 2.05) is 12.1 Å². The lowest BCUT2D eigenvalue weighted by Crippen LogP contribution is -2.24. The number of amides is 1. The highest BCUT2D eigenvalue weighted by atomic mass is 16.2. The molecular formula is C16H16N2O. The van der Waals surface area contributed by atoms with Crippen molar-refractivity contribution in [2.24, 2.45) is 5.92 Å². The molecule has 2 aromatic rings. The van der Waals surface area contributed by atoms with Crippen molar-refractivity contribution in [1.82, 2.24) is 10.3 Å². The van der Waals surface area contributed by atoms with Crippen LogP contribution in [0.25, 0.3) is 11.1 Å². The predicted octanol–water partition coefficient (Wildman–Crippen LogP) is 2.77. The van der Waals surface area contributed by atoms with E-state index in [-0.39, 0.29) is 11.8 Å². The van der Waals surface area contributed by atoms with Crippen molar-refractivity contribution in [3.05, 3.63) is 54.4 Å². The topological polar surface area (TPSA) is 42.0 Å². The summed E-state index contributed by atoms with van der Waals surface area (Å²) in [5.41, 5.74) is 3.45. The average Bonchev–Trinajstić information content (AvgIpc) is 3.31. The highest BCUT2D eigenvalue weighted by Crippen LogP contribution is 2.28. The van der Waals surface area contributed by atoms with E-state index in [9.17, 15) is 4.79 Å². The number of benzene rings is 1. The monoisotopic (exact) mass is 252 g/mol. The second-order valence-corrected chi connectivity index (χ2v) is 4.92. The molecule has 0 unspecified atom stereocenters. The van der Waals surface area contributed by atoms with Crippen LogP contribution in [0.5, 0.6) is 0 Å². The van der Waals surface area contributed by atoms with Crippen molar-refractivity contribution in [3.8, 4) is 11.1 Å². The lowest BCUT2D eigenvalue weighted by molar-refractivity contribution is -0.122. The van der Waals surface area contributed by atoms with Gasteiger partial charge in [0, 0.05) is 24.9 Å². The molecule has 1 aliphatic carbocycles. The number of pyridine rings is 1. The summed E-state index contributed by atoms with van der Waals surface area (Å²) in [7, 11) is 0. The van der Waals surface area contributed by atoms with E-state index in [0.29, 0.717) is 6.54 Å². The molecule has 0 radical (unpaired) electrons. The lowest BCUT2D eigenvalue weighted by atomic mass is 10.1. The van der Waals surface area contributed by atoms with E-state index in [1.165, 1.54) is 5.56 Å². The van der Waals surface area contributed by atoms with Crippen molar-refractivity contribution in [2.75, 3.05) is 0 Å². The summed E-state index contributed by atoms with van der Waals surface area (Å²) >= 11 is 0. The first kappa shape index (κ1) is 11.9. The zero-order valence-electron chi connectivity index (χ0n) is 10.7. The number of carbonyl (C=O) groups is 1. The highest BCUT2D eigenvalue weighted by molar-refractivity contribution is 5.80. The molecule has 96 valence electrons. The molecule has 0 aliphatic heterocycles. The van der Waals surface area contributed by atoms with Gasteiger partial charge in [-0.1, -0.05) is 24.3 Å². The molecule has 1 aromatic carbocycles. The summed E-state index contributed by atoms with van der Waals surface area (Å²) in [6.07, 6.45) is 5.68. The van der Waals surface area contributed by atoms with Crippen LogP contribution in [-0.2, 0) is 11.3 Å². The summed E-state index contributed by atoms with van der Waals surface area (Å²) in [4.78, 5) is 15.6. The minimum Gasteiger partial charge on any atom is -0.352 e. The van der Waals surface area contributed by atoms with Gasteiger partial charge in [0.15, 0.2) is 0 Å². The van der Waals surface area contributed by atoms with Gasteiger partial charge in [0.05, 0.1) is 0 Å². The van der Waals surface area contributed by atoms with Crippen LogP contribution in [0.1, 0.15) is 18.4 Å². The van der Waals surface area contributed by atoms with Crippen LogP contribution >= 0.6 is 0 Å². The maximum atomic E-state index is 11.5. The number of rotatable bonds is 4. The molecule has 19 heavy (non-hydrogen) atoms. The Kier molecular flexibility index (Phi) is 3.27. The molecule has 1 fully saturated rings. The highest BCUT2D eigenvalue weighted by Gasteiger charge is 2.29. The molecule has 1 aromatic heterocycles. The molecule has 3 nitrogen and oxygen atoms in total. The van der Waals surface area contributed by atoms with E-state index in [2.05, 4.69) is 34.6 Å². The van der Waals surface area contributed by atoms with Crippen LogP contribution in [-0.4, -0.2) is 10.9 Å². The normalized spacial score (nSPS) is 14.1. The number of nitrogens with one attached hydrogen (secondary N) is 1. The minimum absolute atomic E-state index is 0.193. The first-order valence-electron chi connectivity index (χ1n) is 6.60. The summed E-state index contributed by atoms with van der Waals surface area (Å²) in [6.45, 7) is 0.617. The first-order chi connectivity index (χ1) is 9.33. The molecule has 1 N–H and O–H groups in total. The third kappa shape index (κ3) is 2.99. The van der Waals surface area contributed by atoms with Gasteiger partial charge in [-0.15, -0.1) is 0 Å². The molecule has 1 aliphatic rings. The summed E-state index contributed by atoms with van der Waals surface area (Å²) in [5.74, 6) is 0.467. The maximum Gasteiger partial charge on any atom is 0.223 e. The van der Waals surface area contributed by atoms with Crippen molar-refractivity contribution in [1.29, 1.82) is 0 Å². The Labute approximate surface area is 112 Å². The second-order valence-electron chi connectivity index (χ2n) is 4.92. The smallest absolute Gasteiger partial charge is 0.223 e. The molecule has 0 bridgehead atoms. The van der Waals surface area contributed by atoms with E-state index >= 15 is 0 Å². The van der Waals surface area contributed by atoms with Crippen LogP contribution in [0.4, 0.5) is 0 Å². The third-order valence-electron chi connectivity index (χ3n) is 3.38. The van der Waals surface area contributed by atoms with E-state index in [1.54, 1.807) is 12.4 Å². The molecule has 0 atom stereocenters. The van der Waals surface area contributed by atoms with Gasteiger partial charge in [-0.25, -0.2) is 0 Å². The Balaban J connectivity index is 1.64. The fourth-order valence-corrected chi connectivity index (χ4v) is 2.04. The van der Waals surface area contributed by atoms with Crippen LogP contribution in [0.3, 0.4) is 0 Å². The first-order valence-corrected chi connectivity index (χ1v) is 6.60. The van der Waals surface area contributed by atoms with Gasteiger partial charge in [-0.3, -0.25) is 9.78 Å². The Bertz CT molecular complexity index is 559. The van der Waals surface area contributed by atoms with E-state index < -0.39 is 0 Å². The quantitative estimate of drug-likeness (QED) is 0.909. The fraction of sp³-hybridized carbons (Fsp3) is 0.250. The van der Waals surface area contributed by atoms with Crippen LogP contribution in [0, 0.1) is 5.92 Å². The number of hydrogen-bond donors (Lipinski definition) is 1. The van der Waals surface area contributed by atoms with Crippen LogP contribution in [0.15, 0.2) is 48.8 Å². The number of aromatic nitrogens is 1. The minimum atomic E-state index is 0.193. The van der Waals surface area contributed by atoms with Crippen molar-refractivity contribution >= 4 is 5.91 Å². The predicted molar refractivity (Wildman–Crippen MR) is 74.2 cm³/mol. The van der Waals surface area contributed by atoms with Gasteiger partial charge in [-0.05, 0) is 41.7 Å². The Morgan fingerprint density at radius 2 is 1.68 bits per heavy atom. The van der Waals surface area contributed by atoms with Gasteiger partial charge >= 0.3 is 0 Å². The molecule has 1 amide bonds. The van der Waals surface area contributed by atoms with Crippen LogP contribution in [0.2, 0.25) is 0 Å². The molecule has 3 heteroatoms. The number of hydrogen-bond acceptors (Lipinski definition) is 2. The van der Waals surface area contributed by atoms with Crippen LogP contribution < -0.4 is 5.32 Å². The summed E-state index contributed by atoms with van der Waals surface area (Å²) in [6, 6.07) is 12.3. The maximum absolute atomic E-state index is 11.5. The zero-order valence-corrected chi connectivity index (χ0v) is 10.7. The van der Waals surface area contributed by atoms with E-state index in [0.717, 1.165) is 24.0 Å². The Hall–Kier alpha value is -2.16. The number of nitrogens with zero attached hydrogens (tertiary/aromatic N) is 1. The molecule has 0 saturated heterocycles. The molecule has 1 saturated carbocycles. The van der Waals surface area contributed by atoms with Gasteiger partial charge in [0.2, 0.25) is 5.91 Å². The van der Waals surface area contributed by atoms with Gasteiger partial charge in [0.1, 0.15) is 0 Å².